The van der Waals surface area contributed by atoms with Crippen LogP contribution in [0.5, 0.6) is 0 Å². The topological polar surface area (TPSA) is 74.7 Å². The van der Waals surface area contributed by atoms with Crippen molar-refractivity contribution in [2.45, 2.75) is 16.2 Å². The smallest absolute Gasteiger partial charge is 0.254 e. The van der Waals surface area contributed by atoms with Crippen LogP contribution < -0.4 is 5.06 Å². The zero-order valence-corrected chi connectivity index (χ0v) is 11.7. The Morgan fingerprint density at radius 1 is 1.00 bits per heavy atom. The van der Waals surface area contributed by atoms with Crippen molar-refractivity contribution >= 4 is 21.4 Å². The lowest BCUT2D eigenvalue weighted by Crippen LogP contribution is -2.32. The number of benzene rings is 2. The summed E-state index contributed by atoms with van der Waals surface area (Å²) in [6.45, 7) is 0. The summed E-state index contributed by atoms with van der Waals surface area (Å²) in [6.07, 6.45) is 1.60. The summed E-state index contributed by atoms with van der Waals surface area (Å²) in [6, 6.07) is 12.4. The summed E-state index contributed by atoms with van der Waals surface area (Å²) in [5.41, 5.74) is 0.906. The van der Waals surface area contributed by atoms with Crippen LogP contribution in [0, 0.1) is 6.42 Å². The molecule has 1 aliphatic heterocycles. The first kappa shape index (κ1) is 13.8. The fourth-order valence-electron chi connectivity index (χ4n) is 2.24. The van der Waals surface area contributed by atoms with Gasteiger partial charge in [0, 0.05) is 0 Å². The molecular weight excluding hydrogens is 290 g/mol. The Labute approximate surface area is 122 Å². The Morgan fingerprint density at radius 3 is 2.43 bits per heavy atom. The van der Waals surface area contributed by atoms with Gasteiger partial charge < -0.3 is 0 Å². The SMILES string of the molecule is O=C1[CH]Cc2cc(S(=O)(=O)c3ccccc3)ccc2N1O. The number of hydrogen-bond donors (Lipinski definition) is 1. The monoisotopic (exact) mass is 302 g/mol. The van der Waals surface area contributed by atoms with Gasteiger partial charge in [0.25, 0.3) is 5.91 Å². The van der Waals surface area contributed by atoms with E-state index in [-0.39, 0.29) is 9.79 Å². The van der Waals surface area contributed by atoms with Crippen LogP contribution in [-0.2, 0) is 21.1 Å². The summed E-state index contributed by atoms with van der Waals surface area (Å²) >= 11 is 0. The summed E-state index contributed by atoms with van der Waals surface area (Å²) in [5.74, 6) is -0.513. The molecule has 0 saturated heterocycles. The van der Waals surface area contributed by atoms with Gasteiger partial charge in [0.15, 0.2) is 0 Å². The molecule has 0 aromatic heterocycles. The number of nitrogens with zero attached hydrogens (tertiary/aromatic N) is 1. The summed E-state index contributed by atoms with van der Waals surface area (Å²) in [7, 11) is -3.60. The van der Waals surface area contributed by atoms with Crippen molar-refractivity contribution in [3.63, 3.8) is 0 Å². The lowest BCUT2D eigenvalue weighted by atomic mass is 10.0. The molecule has 5 nitrogen and oxygen atoms in total. The molecule has 1 heterocycles. The number of amides is 1. The second kappa shape index (κ2) is 4.98. The highest BCUT2D eigenvalue weighted by Crippen LogP contribution is 2.30. The number of hydroxylamine groups is 1. The number of carbonyl (C=O) groups excluding carboxylic acids is 1. The van der Waals surface area contributed by atoms with E-state index in [1.54, 1.807) is 18.2 Å². The predicted octanol–water partition coefficient (Wildman–Crippen LogP) is 2.00. The summed E-state index contributed by atoms with van der Waals surface area (Å²) < 4.78 is 25.0. The molecule has 2 aromatic carbocycles. The molecule has 21 heavy (non-hydrogen) atoms. The number of hydrogen-bond acceptors (Lipinski definition) is 4. The molecule has 0 aliphatic carbocycles. The van der Waals surface area contributed by atoms with E-state index in [1.165, 1.54) is 36.8 Å². The lowest BCUT2D eigenvalue weighted by Gasteiger charge is -2.23. The van der Waals surface area contributed by atoms with Crippen LogP contribution in [0.2, 0.25) is 0 Å². The van der Waals surface area contributed by atoms with E-state index in [0.717, 1.165) is 0 Å². The Morgan fingerprint density at radius 2 is 1.71 bits per heavy atom. The van der Waals surface area contributed by atoms with E-state index in [0.29, 0.717) is 22.7 Å². The molecule has 6 heteroatoms. The van der Waals surface area contributed by atoms with Crippen LogP contribution >= 0.6 is 0 Å². The lowest BCUT2D eigenvalue weighted by molar-refractivity contribution is -0.120. The molecule has 2 aromatic rings. The second-order valence-electron chi connectivity index (χ2n) is 4.67. The minimum atomic E-state index is -3.60. The van der Waals surface area contributed by atoms with Crippen LogP contribution in [0.1, 0.15) is 5.56 Å². The Hall–Kier alpha value is -2.18. The van der Waals surface area contributed by atoms with Gasteiger partial charge >= 0.3 is 0 Å². The maximum absolute atomic E-state index is 12.5. The first-order chi connectivity index (χ1) is 10.00. The Kier molecular flexibility index (Phi) is 3.27. The largest absolute Gasteiger partial charge is 0.281 e. The molecule has 1 N–H and O–H groups in total. The van der Waals surface area contributed by atoms with Gasteiger partial charge in [-0.2, -0.15) is 5.06 Å². The number of sulfone groups is 1. The molecule has 0 bridgehead atoms. The third-order valence-electron chi connectivity index (χ3n) is 3.35. The van der Waals surface area contributed by atoms with Gasteiger partial charge in [-0.15, -0.1) is 0 Å². The number of fused-ring (bicyclic) bond motifs is 1. The average molecular weight is 302 g/mol. The van der Waals surface area contributed by atoms with Crippen molar-refractivity contribution in [1.82, 2.24) is 0 Å². The zero-order valence-electron chi connectivity index (χ0n) is 10.9. The van der Waals surface area contributed by atoms with Crippen LogP contribution in [0.15, 0.2) is 58.3 Å². The number of anilines is 1. The number of carbonyl (C=O) groups is 1. The summed E-state index contributed by atoms with van der Waals surface area (Å²) in [4.78, 5) is 11.7. The minimum absolute atomic E-state index is 0.142. The molecular formula is C15H12NO4S. The van der Waals surface area contributed by atoms with Gasteiger partial charge in [0.05, 0.1) is 21.9 Å². The van der Waals surface area contributed by atoms with Crippen molar-refractivity contribution in [3.05, 3.63) is 60.5 Å². The third kappa shape index (κ3) is 2.32. The van der Waals surface area contributed by atoms with Crippen LogP contribution in [-0.4, -0.2) is 19.5 Å². The van der Waals surface area contributed by atoms with Crippen molar-refractivity contribution in [1.29, 1.82) is 0 Å². The van der Waals surface area contributed by atoms with Gasteiger partial charge in [-0.05, 0) is 42.3 Å². The van der Waals surface area contributed by atoms with E-state index < -0.39 is 15.7 Å². The second-order valence-corrected chi connectivity index (χ2v) is 6.61. The third-order valence-corrected chi connectivity index (χ3v) is 5.12. The van der Waals surface area contributed by atoms with E-state index in [2.05, 4.69) is 0 Å². The normalized spacial score (nSPS) is 14.9. The van der Waals surface area contributed by atoms with Gasteiger partial charge in [0.2, 0.25) is 9.84 Å². The molecule has 107 valence electrons. The molecule has 1 aliphatic rings. The fraction of sp³-hybridized carbons (Fsp3) is 0.0667. The predicted molar refractivity (Wildman–Crippen MR) is 75.6 cm³/mol. The van der Waals surface area contributed by atoms with E-state index in [1.807, 2.05) is 0 Å². The molecule has 3 rings (SSSR count). The molecule has 1 radical (unpaired) electrons. The molecule has 0 atom stereocenters. The zero-order chi connectivity index (χ0) is 15.0. The van der Waals surface area contributed by atoms with E-state index in [9.17, 15) is 18.4 Å². The molecule has 0 saturated carbocycles. The van der Waals surface area contributed by atoms with E-state index in [4.69, 9.17) is 0 Å². The van der Waals surface area contributed by atoms with Gasteiger partial charge in [-0.1, -0.05) is 18.2 Å². The maximum Gasteiger partial charge on any atom is 0.254 e. The molecule has 1 amide bonds. The van der Waals surface area contributed by atoms with Crippen molar-refractivity contribution < 1.29 is 18.4 Å². The van der Waals surface area contributed by atoms with Gasteiger partial charge in [-0.25, -0.2) is 8.42 Å². The van der Waals surface area contributed by atoms with Crippen LogP contribution in [0.4, 0.5) is 5.69 Å². The highest BCUT2D eigenvalue weighted by atomic mass is 32.2. The highest BCUT2D eigenvalue weighted by Gasteiger charge is 2.25. The van der Waals surface area contributed by atoms with E-state index >= 15 is 0 Å². The van der Waals surface area contributed by atoms with Crippen molar-refractivity contribution in [2.24, 2.45) is 0 Å². The van der Waals surface area contributed by atoms with Crippen LogP contribution in [0.3, 0.4) is 0 Å². The molecule has 0 spiro atoms. The molecule has 0 fully saturated rings. The van der Waals surface area contributed by atoms with Crippen molar-refractivity contribution in [2.75, 3.05) is 5.06 Å². The fourth-order valence-corrected chi connectivity index (χ4v) is 3.57. The minimum Gasteiger partial charge on any atom is -0.281 e. The number of rotatable bonds is 2. The van der Waals surface area contributed by atoms with Crippen molar-refractivity contribution in [3.8, 4) is 0 Å². The van der Waals surface area contributed by atoms with Gasteiger partial charge in [-0.3, -0.25) is 10.0 Å². The first-order valence-corrected chi connectivity index (χ1v) is 7.78. The average Bonchev–Trinajstić information content (AvgIpc) is 2.51. The van der Waals surface area contributed by atoms with Gasteiger partial charge in [0.1, 0.15) is 0 Å². The highest BCUT2D eigenvalue weighted by molar-refractivity contribution is 7.91. The summed E-state index contributed by atoms with van der Waals surface area (Å²) in [5, 5.41) is 10.2. The van der Waals surface area contributed by atoms with Crippen LogP contribution in [0.25, 0.3) is 0 Å². The quantitative estimate of drug-likeness (QED) is 0.861. The molecule has 0 unspecified atom stereocenters. The first-order valence-electron chi connectivity index (χ1n) is 6.29. The maximum atomic E-state index is 12.5. The standard InChI is InChI=1S/C15H12NO4S/c17-15-9-6-11-10-13(7-8-14(11)16(15)18)21(19,20)12-4-2-1-3-5-12/h1-5,7-10,18H,6H2. The Bertz CT molecular complexity index is 800. The Balaban J connectivity index is 2.08.